The van der Waals surface area contributed by atoms with Crippen LogP contribution in [0.1, 0.15) is 11.4 Å². The highest BCUT2D eigenvalue weighted by atomic mass is 16.5. The van der Waals surface area contributed by atoms with E-state index in [2.05, 4.69) is 20.5 Å². The molecule has 19 heavy (non-hydrogen) atoms. The van der Waals surface area contributed by atoms with Crippen molar-refractivity contribution >= 4 is 5.91 Å². The van der Waals surface area contributed by atoms with Gasteiger partial charge in [0, 0.05) is 0 Å². The zero-order valence-corrected chi connectivity index (χ0v) is 10.3. The minimum Gasteiger partial charge on any atom is -0.492 e. The molecule has 6 nitrogen and oxygen atoms in total. The third-order valence-electron chi connectivity index (χ3n) is 3.14. The van der Waals surface area contributed by atoms with Crippen molar-refractivity contribution in [2.24, 2.45) is 5.92 Å². The van der Waals surface area contributed by atoms with Crippen LogP contribution < -0.4 is 10.1 Å². The fourth-order valence-electron chi connectivity index (χ4n) is 2.13. The van der Waals surface area contributed by atoms with Gasteiger partial charge >= 0.3 is 0 Å². The van der Waals surface area contributed by atoms with Gasteiger partial charge in [0.1, 0.15) is 24.5 Å². The van der Waals surface area contributed by atoms with Gasteiger partial charge in [-0.05, 0) is 18.1 Å². The normalized spacial score (nSPS) is 17.4. The summed E-state index contributed by atoms with van der Waals surface area (Å²) in [6.07, 6.45) is 2.12. The van der Waals surface area contributed by atoms with E-state index in [1.807, 2.05) is 24.3 Å². The Morgan fingerprint density at radius 1 is 1.47 bits per heavy atom. The minimum atomic E-state index is -0.155. The summed E-state index contributed by atoms with van der Waals surface area (Å²) in [4.78, 5) is 16.0. The molecular weight excluding hydrogens is 244 g/mol. The molecule has 1 aromatic carbocycles. The quantitative estimate of drug-likeness (QED) is 0.848. The molecular formula is C13H14N4O2. The summed E-state index contributed by atoms with van der Waals surface area (Å²) in [5, 5.41) is 9.27. The maximum absolute atomic E-state index is 12.0. The molecule has 1 atom stereocenters. The lowest BCUT2D eigenvalue weighted by Crippen LogP contribution is -2.37. The highest BCUT2D eigenvalue weighted by Gasteiger charge is 2.25. The predicted octanol–water partition coefficient (Wildman–Crippen LogP) is 0.672. The van der Waals surface area contributed by atoms with Crippen LogP contribution in [0.2, 0.25) is 0 Å². The number of nitrogens with one attached hydrogen (secondary N) is 2. The van der Waals surface area contributed by atoms with Gasteiger partial charge in [-0.25, -0.2) is 4.98 Å². The number of aromatic amines is 1. The van der Waals surface area contributed by atoms with E-state index in [1.54, 1.807) is 0 Å². The van der Waals surface area contributed by atoms with Gasteiger partial charge < -0.3 is 10.1 Å². The van der Waals surface area contributed by atoms with Gasteiger partial charge in [-0.2, -0.15) is 5.10 Å². The number of fused-ring (bicyclic) bond motifs is 1. The molecule has 0 radical (unpaired) electrons. The van der Waals surface area contributed by atoms with Crippen LogP contribution >= 0.6 is 0 Å². The largest absolute Gasteiger partial charge is 0.492 e. The van der Waals surface area contributed by atoms with Crippen molar-refractivity contribution in [2.45, 2.75) is 13.0 Å². The first-order valence-corrected chi connectivity index (χ1v) is 6.15. The molecule has 2 heterocycles. The number of rotatable bonds is 3. The minimum absolute atomic E-state index is 0.0223. The van der Waals surface area contributed by atoms with Crippen molar-refractivity contribution < 1.29 is 9.53 Å². The van der Waals surface area contributed by atoms with Gasteiger partial charge in [-0.15, -0.1) is 0 Å². The smallest absolute Gasteiger partial charge is 0.227 e. The fraction of sp³-hybridized carbons (Fsp3) is 0.308. The molecule has 1 aliphatic heterocycles. The van der Waals surface area contributed by atoms with E-state index in [4.69, 9.17) is 4.74 Å². The van der Waals surface area contributed by atoms with Gasteiger partial charge in [0.25, 0.3) is 0 Å². The molecule has 2 N–H and O–H groups in total. The molecule has 3 rings (SSSR count). The molecule has 98 valence electrons. The molecule has 0 saturated carbocycles. The number of para-hydroxylation sites is 1. The van der Waals surface area contributed by atoms with Crippen LogP contribution in [-0.4, -0.2) is 27.7 Å². The second-order valence-corrected chi connectivity index (χ2v) is 4.47. The van der Waals surface area contributed by atoms with Crippen molar-refractivity contribution in [3.63, 3.8) is 0 Å². The Labute approximate surface area is 110 Å². The number of carbonyl (C=O) groups is 1. The molecule has 1 unspecified atom stereocenters. The van der Waals surface area contributed by atoms with Gasteiger partial charge in [0.05, 0.1) is 12.5 Å². The third-order valence-corrected chi connectivity index (χ3v) is 3.14. The maximum atomic E-state index is 12.0. The van der Waals surface area contributed by atoms with E-state index in [0.29, 0.717) is 25.4 Å². The third kappa shape index (κ3) is 2.57. The second-order valence-electron chi connectivity index (χ2n) is 4.47. The summed E-state index contributed by atoms with van der Waals surface area (Å²) >= 11 is 0. The monoisotopic (exact) mass is 258 g/mol. The first-order chi connectivity index (χ1) is 9.33. The highest BCUT2D eigenvalue weighted by Crippen LogP contribution is 2.26. The lowest BCUT2D eigenvalue weighted by Gasteiger charge is -2.24. The number of H-pyrrole nitrogens is 1. The highest BCUT2D eigenvalue weighted by molar-refractivity contribution is 5.79. The number of carbonyl (C=O) groups excluding carboxylic acids is 1. The van der Waals surface area contributed by atoms with Crippen molar-refractivity contribution in [2.75, 3.05) is 6.61 Å². The van der Waals surface area contributed by atoms with Crippen molar-refractivity contribution in [3.8, 4) is 5.75 Å². The molecule has 0 aliphatic carbocycles. The van der Waals surface area contributed by atoms with Gasteiger partial charge in [0.15, 0.2) is 0 Å². The average Bonchev–Trinajstić information content (AvgIpc) is 2.97. The van der Waals surface area contributed by atoms with E-state index in [0.717, 1.165) is 11.3 Å². The van der Waals surface area contributed by atoms with Crippen molar-refractivity contribution in [1.82, 2.24) is 20.5 Å². The van der Waals surface area contributed by atoms with Gasteiger partial charge in [-0.3, -0.25) is 9.89 Å². The summed E-state index contributed by atoms with van der Waals surface area (Å²) in [5.74, 6) is 1.34. The number of benzene rings is 1. The number of hydrogen-bond acceptors (Lipinski definition) is 4. The van der Waals surface area contributed by atoms with Gasteiger partial charge in [0.2, 0.25) is 5.91 Å². The fourth-order valence-corrected chi connectivity index (χ4v) is 2.13. The Morgan fingerprint density at radius 3 is 3.21 bits per heavy atom. The molecule has 0 bridgehead atoms. The number of ether oxygens (including phenoxy) is 1. The SMILES string of the molecule is O=C(NCc1ncn[nH]1)C1COc2ccccc2C1. The molecule has 0 saturated heterocycles. The van der Waals surface area contributed by atoms with Crippen LogP contribution in [0.3, 0.4) is 0 Å². The number of hydrogen-bond donors (Lipinski definition) is 2. The standard InChI is InChI=1S/C13H14N4O2/c18-13(14-6-12-15-8-16-17-12)10-5-9-3-1-2-4-11(9)19-7-10/h1-4,8,10H,5-7H2,(H,14,18)(H,15,16,17). The summed E-state index contributed by atoms with van der Waals surface area (Å²) in [7, 11) is 0. The van der Waals surface area contributed by atoms with Crippen LogP contribution in [-0.2, 0) is 17.8 Å². The van der Waals surface area contributed by atoms with Crippen LogP contribution in [0, 0.1) is 5.92 Å². The van der Waals surface area contributed by atoms with E-state index in [1.165, 1.54) is 6.33 Å². The Morgan fingerprint density at radius 2 is 2.37 bits per heavy atom. The van der Waals surface area contributed by atoms with Gasteiger partial charge in [-0.1, -0.05) is 18.2 Å². The molecule has 2 aromatic rings. The Balaban J connectivity index is 1.60. The van der Waals surface area contributed by atoms with E-state index in [-0.39, 0.29) is 11.8 Å². The second kappa shape index (κ2) is 5.09. The molecule has 0 fully saturated rings. The Kier molecular flexibility index (Phi) is 3.14. The summed E-state index contributed by atoms with van der Waals surface area (Å²) in [6.45, 7) is 0.774. The summed E-state index contributed by atoms with van der Waals surface area (Å²) < 4.78 is 5.60. The van der Waals surface area contributed by atoms with Crippen LogP contribution in [0.5, 0.6) is 5.75 Å². The number of nitrogens with zero attached hydrogens (tertiary/aromatic N) is 2. The zero-order chi connectivity index (χ0) is 13.1. The number of aromatic nitrogens is 3. The maximum Gasteiger partial charge on any atom is 0.227 e. The van der Waals surface area contributed by atoms with Crippen LogP contribution in [0.15, 0.2) is 30.6 Å². The molecule has 1 aromatic heterocycles. The topological polar surface area (TPSA) is 79.9 Å². The van der Waals surface area contributed by atoms with E-state index >= 15 is 0 Å². The number of amides is 1. The lowest BCUT2D eigenvalue weighted by atomic mass is 9.96. The Bertz CT molecular complexity index is 568. The van der Waals surface area contributed by atoms with Crippen LogP contribution in [0.25, 0.3) is 0 Å². The van der Waals surface area contributed by atoms with Crippen molar-refractivity contribution in [3.05, 3.63) is 42.0 Å². The molecule has 1 amide bonds. The summed E-state index contributed by atoms with van der Waals surface area (Å²) in [5.41, 5.74) is 1.08. The first-order valence-electron chi connectivity index (χ1n) is 6.15. The molecule has 1 aliphatic rings. The summed E-state index contributed by atoms with van der Waals surface area (Å²) in [6, 6.07) is 7.81. The van der Waals surface area contributed by atoms with Crippen molar-refractivity contribution in [1.29, 1.82) is 0 Å². The lowest BCUT2D eigenvalue weighted by molar-refractivity contribution is -0.126. The van der Waals surface area contributed by atoms with Crippen LogP contribution in [0.4, 0.5) is 0 Å². The predicted molar refractivity (Wildman–Crippen MR) is 67.4 cm³/mol. The van der Waals surface area contributed by atoms with E-state index < -0.39 is 0 Å². The zero-order valence-electron chi connectivity index (χ0n) is 10.3. The average molecular weight is 258 g/mol. The molecule has 6 heteroatoms. The molecule has 0 spiro atoms. The Hall–Kier alpha value is -2.37. The first kappa shape index (κ1) is 11.7. The van der Waals surface area contributed by atoms with E-state index in [9.17, 15) is 4.79 Å².